The van der Waals surface area contributed by atoms with E-state index in [-0.39, 0.29) is 0 Å². The highest BCUT2D eigenvalue weighted by Crippen LogP contribution is 2.27. The first-order chi connectivity index (χ1) is 11.6. The number of hydrogen-bond donors (Lipinski definition) is 0. The van der Waals surface area contributed by atoms with Crippen molar-refractivity contribution in [3.05, 3.63) is 59.7 Å². The van der Waals surface area contributed by atoms with Gasteiger partial charge in [0.25, 0.3) is 0 Å². The van der Waals surface area contributed by atoms with Gasteiger partial charge < -0.3 is 0 Å². The van der Waals surface area contributed by atoms with Crippen molar-refractivity contribution in [2.45, 2.75) is 49.1 Å². The second-order valence-electron chi connectivity index (χ2n) is 8.15. The van der Waals surface area contributed by atoms with E-state index in [1.807, 2.05) is 0 Å². The van der Waals surface area contributed by atoms with Crippen molar-refractivity contribution in [3.8, 4) is 22.9 Å². The molecule has 0 saturated carbocycles. The van der Waals surface area contributed by atoms with Crippen molar-refractivity contribution < 1.29 is 0 Å². The van der Waals surface area contributed by atoms with Crippen LogP contribution in [0.5, 0.6) is 0 Å². The monoisotopic (exact) mass is 378 g/mol. The summed E-state index contributed by atoms with van der Waals surface area (Å²) in [6.07, 6.45) is 0. The van der Waals surface area contributed by atoms with Crippen LogP contribution < -0.4 is 0 Å². The molecule has 0 amide bonds. The Morgan fingerprint density at radius 2 is 0.880 bits per heavy atom. The fourth-order valence-electron chi connectivity index (χ4n) is 1.87. The topological polar surface area (TPSA) is 0 Å². The Labute approximate surface area is 159 Å². The lowest BCUT2D eigenvalue weighted by Crippen LogP contribution is -2.16. The van der Waals surface area contributed by atoms with E-state index >= 15 is 0 Å². The zero-order valence-corrected chi connectivity index (χ0v) is 18.8. The van der Waals surface area contributed by atoms with Crippen LogP contribution in [0.15, 0.2) is 58.3 Å². The third-order valence-corrected chi connectivity index (χ3v) is 5.87. The molecule has 128 valence electrons. The molecule has 0 unspecified atom stereocenters. The molecule has 2 aromatic carbocycles. The van der Waals surface area contributed by atoms with E-state index in [0.717, 1.165) is 11.1 Å². The Kier molecular flexibility index (Phi) is 6.41. The third kappa shape index (κ3) is 7.84. The summed E-state index contributed by atoms with van der Waals surface area (Å²) >= 11 is 1.77. The lowest BCUT2D eigenvalue weighted by atomic mass is 10.2. The van der Waals surface area contributed by atoms with Crippen molar-refractivity contribution in [2.75, 3.05) is 0 Å². The average Bonchev–Trinajstić information content (AvgIpc) is 2.52. The van der Waals surface area contributed by atoms with E-state index in [9.17, 15) is 0 Å². The van der Waals surface area contributed by atoms with E-state index in [0.29, 0.717) is 0 Å². The van der Waals surface area contributed by atoms with Gasteiger partial charge in [-0.1, -0.05) is 62.9 Å². The van der Waals surface area contributed by atoms with Crippen molar-refractivity contribution in [2.24, 2.45) is 0 Å². The van der Waals surface area contributed by atoms with Crippen LogP contribution in [0.2, 0.25) is 39.3 Å². The fourth-order valence-corrected chi connectivity index (χ4v) is 3.72. The van der Waals surface area contributed by atoms with Gasteiger partial charge in [0.2, 0.25) is 0 Å². The maximum atomic E-state index is 3.41. The predicted molar refractivity (Wildman–Crippen MR) is 117 cm³/mol. The zero-order valence-electron chi connectivity index (χ0n) is 16.0. The highest BCUT2D eigenvalue weighted by molar-refractivity contribution is 7.99. The summed E-state index contributed by atoms with van der Waals surface area (Å²) in [5, 5.41) is 0. The van der Waals surface area contributed by atoms with Gasteiger partial charge in [0.05, 0.1) is 0 Å². The highest BCUT2D eigenvalue weighted by atomic mass is 32.2. The third-order valence-electron chi connectivity index (χ3n) is 3.11. The molecule has 0 aromatic heterocycles. The van der Waals surface area contributed by atoms with Gasteiger partial charge in [0.15, 0.2) is 0 Å². The lowest BCUT2D eigenvalue weighted by molar-refractivity contribution is 1.39. The molecule has 0 saturated heterocycles. The average molecular weight is 379 g/mol. The molecule has 3 heteroatoms. The van der Waals surface area contributed by atoms with Crippen LogP contribution in [0.3, 0.4) is 0 Å². The molecule has 0 fully saturated rings. The second kappa shape index (κ2) is 8.15. The quantitative estimate of drug-likeness (QED) is 0.437. The number of rotatable bonds is 2. The zero-order chi connectivity index (χ0) is 18.5. The summed E-state index contributed by atoms with van der Waals surface area (Å²) in [5.41, 5.74) is 9.02. The van der Waals surface area contributed by atoms with Crippen LogP contribution in [0.4, 0.5) is 0 Å². The molecule has 0 aliphatic rings. The first kappa shape index (κ1) is 19.7. The van der Waals surface area contributed by atoms with Crippen LogP contribution in [-0.2, 0) is 0 Å². The Hall–Kier alpha value is -1.66. The first-order valence-electron chi connectivity index (χ1n) is 8.55. The molecule has 0 atom stereocenters. The maximum absolute atomic E-state index is 3.41. The molecule has 0 heterocycles. The minimum absolute atomic E-state index is 1.10. The molecule has 0 bridgehead atoms. The van der Waals surface area contributed by atoms with Crippen molar-refractivity contribution >= 4 is 27.9 Å². The molecular weight excluding hydrogens is 352 g/mol. The summed E-state index contributed by atoms with van der Waals surface area (Å²) in [5.74, 6) is 6.60. The fraction of sp³-hybridized carbons (Fsp3) is 0.273. The Balaban J connectivity index is 2.04. The van der Waals surface area contributed by atoms with Crippen molar-refractivity contribution in [3.63, 3.8) is 0 Å². The van der Waals surface area contributed by atoms with Crippen LogP contribution in [0, 0.1) is 22.9 Å². The SMILES string of the molecule is C[Si](C)(C)C#Cc1ccc(Sc2ccc(C#C[Si](C)(C)C)cc2)cc1. The maximum Gasteiger partial charge on any atom is 0.129 e. The Bertz CT molecular complexity index is 755. The summed E-state index contributed by atoms with van der Waals surface area (Å²) in [6, 6.07) is 17.1. The standard InChI is InChI=1S/C22H26SSi2/c1-24(2,3)17-15-19-7-11-21(12-8-19)23-22-13-9-20(10-14-22)16-18-25(4,5)6/h7-14H,1-6H3. The van der Waals surface area contributed by atoms with Gasteiger partial charge in [0, 0.05) is 20.9 Å². The van der Waals surface area contributed by atoms with Gasteiger partial charge in [-0.25, -0.2) is 0 Å². The Morgan fingerprint density at radius 3 is 1.16 bits per heavy atom. The summed E-state index contributed by atoms with van der Waals surface area (Å²) in [4.78, 5) is 2.47. The van der Waals surface area contributed by atoms with Gasteiger partial charge in [0.1, 0.15) is 16.1 Å². The van der Waals surface area contributed by atoms with Crippen molar-refractivity contribution in [1.82, 2.24) is 0 Å². The largest absolute Gasteiger partial charge is 0.129 e. The van der Waals surface area contributed by atoms with Crippen LogP contribution >= 0.6 is 11.8 Å². The van der Waals surface area contributed by atoms with E-state index in [4.69, 9.17) is 0 Å². The van der Waals surface area contributed by atoms with Crippen LogP contribution in [-0.4, -0.2) is 16.1 Å². The van der Waals surface area contributed by atoms with Gasteiger partial charge in [-0.3, -0.25) is 0 Å². The van der Waals surface area contributed by atoms with Gasteiger partial charge in [-0.2, -0.15) is 0 Å². The minimum atomic E-state index is -1.31. The van der Waals surface area contributed by atoms with E-state index < -0.39 is 16.1 Å². The molecule has 0 nitrogen and oxygen atoms in total. The molecule has 0 aliphatic carbocycles. The number of benzene rings is 2. The molecule has 0 aliphatic heterocycles. The molecule has 0 radical (unpaired) electrons. The summed E-state index contributed by atoms with van der Waals surface area (Å²) in [6.45, 7) is 13.6. The van der Waals surface area contributed by atoms with Gasteiger partial charge in [-0.15, -0.1) is 11.1 Å². The summed E-state index contributed by atoms with van der Waals surface area (Å²) < 4.78 is 0. The highest BCUT2D eigenvalue weighted by Gasteiger charge is 2.08. The van der Waals surface area contributed by atoms with Crippen LogP contribution in [0.1, 0.15) is 11.1 Å². The van der Waals surface area contributed by atoms with Gasteiger partial charge in [-0.05, 0) is 48.5 Å². The molecule has 2 aromatic rings. The Morgan fingerprint density at radius 1 is 0.560 bits per heavy atom. The predicted octanol–water partition coefficient (Wildman–Crippen LogP) is 6.30. The lowest BCUT2D eigenvalue weighted by Gasteiger charge is -2.05. The number of hydrogen-bond acceptors (Lipinski definition) is 1. The first-order valence-corrected chi connectivity index (χ1v) is 16.4. The molecule has 0 spiro atoms. The van der Waals surface area contributed by atoms with Gasteiger partial charge >= 0.3 is 0 Å². The minimum Gasteiger partial charge on any atom is -0.127 e. The second-order valence-corrected chi connectivity index (χ2v) is 18.8. The van der Waals surface area contributed by atoms with E-state index in [2.05, 4.69) is 111 Å². The normalized spacial score (nSPS) is 11.1. The van der Waals surface area contributed by atoms with E-state index in [1.165, 1.54) is 9.79 Å². The molecule has 0 N–H and O–H groups in total. The van der Waals surface area contributed by atoms with E-state index in [1.54, 1.807) is 11.8 Å². The molecule has 2 rings (SSSR count). The molecular formula is C22H26SSi2. The smallest absolute Gasteiger partial charge is 0.127 e. The van der Waals surface area contributed by atoms with Crippen molar-refractivity contribution in [1.29, 1.82) is 0 Å². The van der Waals surface area contributed by atoms with Crippen LogP contribution in [0.25, 0.3) is 0 Å². The molecule has 25 heavy (non-hydrogen) atoms. The summed E-state index contributed by atoms with van der Waals surface area (Å²) in [7, 11) is -2.63.